The van der Waals surface area contributed by atoms with Crippen molar-refractivity contribution in [3.63, 3.8) is 0 Å². The molecule has 2 aromatic carbocycles. The average Bonchev–Trinajstić information content (AvgIpc) is 2.79. The quantitative estimate of drug-likeness (QED) is 0.339. The number of rotatable bonds is 12. The summed E-state index contributed by atoms with van der Waals surface area (Å²) < 4.78 is 10.6. The highest BCUT2D eigenvalue weighted by Gasteiger charge is 2.06. The number of unbranched alkanes of at least 4 members (excludes halogenated alkanes) is 2. The van der Waals surface area contributed by atoms with Gasteiger partial charge in [0.2, 0.25) is 0 Å². The lowest BCUT2D eigenvalue weighted by Gasteiger charge is -2.09. The smallest absolute Gasteiger partial charge is 0.430 e. The normalized spacial score (nSPS) is 11.9. The van der Waals surface area contributed by atoms with Crippen molar-refractivity contribution in [2.75, 3.05) is 13.2 Å². The second-order valence-corrected chi connectivity index (χ2v) is 7.27. The zero-order chi connectivity index (χ0) is 21.4. The minimum Gasteiger partial charge on any atom is -0.430 e. The molecule has 0 saturated carbocycles. The van der Waals surface area contributed by atoms with Gasteiger partial charge in [-0.2, -0.15) is 0 Å². The molecule has 0 atom stereocenters. The molecule has 2 rings (SSSR count). The SMILES string of the molecule is CCCC/C(=C/COC(=O)OC/C=C(/CCCC)c1ccccc1)c1ccccc1. The Kier molecular flexibility index (Phi) is 11.1. The summed E-state index contributed by atoms with van der Waals surface area (Å²) in [6.07, 6.45) is 9.75. The summed E-state index contributed by atoms with van der Waals surface area (Å²) in [5.41, 5.74) is 4.76. The van der Waals surface area contributed by atoms with Crippen LogP contribution in [0.5, 0.6) is 0 Å². The minimum absolute atomic E-state index is 0.220. The summed E-state index contributed by atoms with van der Waals surface area (Å²) in [7, 11) is 0. The molecule has 160 valence electrons. The Labute approximate surface area is 181 Å². The van der Waals surface area contributed by atoms with Gasteiger partial charge in [-0.05, 0) is 60.1 Å². The first-order chi connectivity index (χ1) is 14.7. The van der Waals surface area contributed by atoms with Crippen LogP contribution in [0.4, 0.5) is 4.79 Å². The van der Waals surface area contributed by atoms with Crippen LogP contribution in [0.3, 0.4) is 0 Å². The first kappa shape index (κ1) is 23.5. The highest BCUT2D eigenvalue weighted by molar-refractivity contribution is 5.67. The maximum Gasteiger partial charge on any atom is 0.508 e. The summed E-state index contributed by atoms with van der Waals surface area (Å²) in [5, 5.41) is 0. The maximum absolute atomic E-state index is 12.0. The van der Waals surface area contributed by atoms with Crippen molar-refractivity contribution in [3.8, 4) is 0 Å². The topological polar surface area (TPSA) is 35.5 Å². The van der Waals surface area contributed by atoms with Gasteiger partial charge >= 0.3 is 6.16 Å². The number of hydrogen-bond acceptors (Lipinski definition) is 3. The first-order valence-electron chi connectivity index (χ1n) is 11.0. The van der Waals surface area contributed by atoms with Crippen LogP contribution in [-0.4, -0.2) is 19.4 Å². The lowest BCUT2D eigenvalue weighted by Crippen LogP contribution is -2.08. The van der Waals surface area contributed by atoms with Gasteiger partial charge < -0.3 is 9.47 Å². The molecule has 2 aromatic rings. The zero-order valence-corrected chi connectivity index (χ0v) is 18.3. The Morgan fingerprint density at radius 1 is 0.700 bits per heavy atom. The van der Waals surface area contributed by atoms with E-state index in [9.17, 15) is 4.79 Å². The monoisotopic (exact) mass is 406 g/mol. The van der Waals surface area contributed by atoms with Gasteiger partial charge in [-0.25, -0.2) is 4.79 Å². The summed E-state index contributed by atoms with van der Waals surface area (Å²) in [5.74, 6) is 0. The van der Waals surface area contributed by atoms with Gasteiger partial charge in [0.15, 0.2) is 0 Å². The van der Waals surface area contributed by atoms with E-state index in [0.717, 1.165) is 38.5 Å². The number of carbonyl (C=O) groups is 1. The molecule has 3 nitrogen and oxygen atoms in total. The molecule has 3 heteroatoms. The van der Waals surface area contributed by atoms with Crippen LogP contribution in [0, 0.1) is 0 Å². The lowest BCUT2D eigenvalue weighted by atomic mass is 10.0. The molecule has 0 bridgehead atoms. The second-order valence-electron chi connectivity index (χ2n) is 7.27. The van der Waals surface area contributed by atoms with Crippen LogP contribution in [0.15, 0.2) is 72.8 Å². The molecule has 0 spiro atoms. The van der Waals surface area contributed by atoms with Crippen molar-refractivity contribution in [2.24, 2.45) is 0 Å². The number of benzene rings is 2. The molecule has 0 radical (unpaired) electrons. The van der Waals surface area contributed by atoms with Crippen LogP contribution >= 0.6 is 0 Å². The largest absolute Gasteiger partial charge is 0.508 e. The molecule has 0 saturated heterocycles. The van der Waals surface area contributed by atoms with Crippen molar-refractivity contribution in [3.05, 3.63) is 83.9 Å². The fourth-order valence-corrected chi connectivity index (χ4v) is 3.23. The van der Waals surface area contributed by atoms with Gasteiger partial charge in [-0.3, -0.25) is 0 Å². The van der Waals surface area contributed by atoms with E-state index in [1.54, 1.807) is 0 Å². The van der Waals surface area contributed by atoms with Crippen LogP contribution in [0.1, 0.15) is 63.5 Å². The molecule has 0 aliphatic carbocycles. The summed E-state index contributed by atoms with van der Waals surface area (Å²) in [4.78, 5) is 12.0. The van der Waals surface area contributed by atoms with Crippen LogP contribution in [0.25, 0.3) is 11.1 Å². The van der Waals surface area contributed by atoms with Crippen molar-refractivity contribution in [1.29, 1.82) is 0 Å². The van der Waals surface area contributed by atoms with Crippen molar-refractivity contribution >= 4 is 17.3 Å². The van der Waals surface area contributed by atoms with Gasteiger partial charge in [-0.15, -0.1) is 0 Å². The van der Waals surface area contributed by atoms with E-state index in [4.69, 9.17) is 9.47 Å². The molecule has 0 aromatic heterocycles. The molecule has 0 N–H and O–H groups in total. The molecular formula is C27H34O3. The van der Waals surface area contributed by atoms with E-state index in [-0.39, 0.29) is 13.2 Å². The predicted molar refractivity (Wildman–Crippen MR) is 125 cm³/mol. The Morgan fingerprint density at radius 2 is 1.10 bits per heavy atom. The van der Waals surface area contributed by atoms with Crippen molar-refractivity contribution in [2.45, 2.75) is 52.4 Å². The summed E-state index contributed by atoms with van der Waals surface area (Å²) >= 11 is 0. The second kappa shape index (κ2) is 14.2. The van der Waals surface area contributed by atoms with E-state index in [0.29, 0.717) is 0 Å². The third-order valence-corrected chi connectivity index (χ3v) is 4.95. The minimum atomic E-state index is -0.631. The number of ether oxygens (including phenoxy) is 2. The van der Waals surface area contributed by atoms with E-state index >= 15 is 0 Å². The van der Waals surface area contributed by atoms with Gasteiger partial charge in [0, 0.05) is 0 Å². The molecule has 0 unspecified atom stereocenters. The number of carbonyl (C=O) groups excluding carboxylic acids is 1. The molecule has 0 aliphatic rings. The number of hydrogen-bond donors (Lipinski definition) is 0. The molecular weight excluding hydrogens is 372 g/mol. The number of allylic oxidation sites excluding steroid dienone is 2. The van der Waals surface area contributed by atoms with E-state index in [1.807, 2.05) is 48.6 Å². The fourth-order valence-electron chi connectivity index (χ4n) is 3.23. The lowest BCUT2D eigenvalue weighted by molar-refractivity contribution is 0.0718. The average molecular weight is 407 g/mol. The van der Waals surface area contributed by atoms with Gasteiger partial charge in [0.25, 0.3) is 0 Å². The molecule has 0 heterocycles. The zero-order valence-electron chi connectivity index (χ0n) is 18.3. The maximum atomic E-state index is 12.0. The summed E-state index contributed by atoms with van der Waals surface area (Å²) in [6, 6.07) is 20.5. The van der Waals surface area contributed by atoms with Crippen molar-refractivity contribution < 1.29 is 14.3 Å². The van der Waals surface area contributed by atoms with Crippen molar-refractivity contribution in [1.82, 2.24) is 0 Å². The Morgan fingerprint density at radius 3 is 1.47 bits per heavy atom. The Hall–Kier alpha value is -2.81. The van der Waals surface area contributed by atoms with Gasteiger partial charge in [0.05, 0.1) is 0 Å². The third-order valence-electron chi connectivity index (χ3n) is 4.95. The van der Waals surface area contributed by atoms with Crippen LogP contribution < -0.4 is 0 Å². The molecule has 0 amide bonds. The highest BCUT2D eigenvalue weighted by Crippen LogP contribution is 2.21. The van der Waals surface area contributed by atoms with E-state index in [1.165, 1.54) is 22.3 Å². The predicted octanol–water partition coefficient (Wildman–Crippen LogP) is 7.69. The molecule has 30 heavy (non-hydrogen) atoms. The summed E-state index contributed by atoms with van der Waals surface area (Å²) in [6.45, 7) is 4.79. The van der Waals surface area contributed by atoms with Crippen LogP contribution in [-0.2, 0) is 9.47 Å². The highest BCUT2D eigenvalue weighted by atomic mass is 16.7. The molecule has 0 fully saturated rings. The van der Waals surface area contributed by atoms with E-state index < -0.39 is 6.16 Å². The standard InChI is InChI=1S/C27H34O3/c1-3-5-13-25(23-15-9-7-10-16-23)19-21-29-27(28)30-22-20-26(14-6-4-2)24-17-11-8-12-18-24/h7-12,15-20H,3-6,13-14,21-22H2,1-2H3/b25-19-,26-20-. The van der Waals surface area contributed by atoms with Crippen LogP contribution in [0.2, 0.25) is 0 Å². The fraction of sp³-hybridized carbons (Fsp3) is 0.370. The van der Waals surface area contributed by atoms with Gasteiger partial charge in [-0.1, -0.05) is 87.4 Å². The first-order valence-corrected chi connectivity index (χ1v) is 11.0. The van der Waals surface area contributed by atoms with Gasteiger partial charge in [0.1, 0.15) is 13.2 Å². The molecule has 0 aliphatic heterocycles. The Bertz CT molecular complexity index is 724. The Balaban J connectivity index is 1.87. The third kappa shape index (κ3) is 8.69. The van der Waals surface area contributed by atoms with E-state index in [2.05, 4.69) is 38.1 Å².